The molecule has 138 valence electrons. The highest BCUT2D eigenvalue weighted by molar-refractivity contribution is 5.83. The zero-order valence-electron chi connectivity index (χ0n) is 15.5. The van der Waals surface area contributed by atoms with Crippen LogP contribution in [0.1, 0.15) is 56.6 Å². The molecule has 1 saturated heterocycles. The van der Waals surface area contributed by atoms with Crippen molar-refractivity contribution in [3.8, 4) is 0 Å². The zero-order chi connectivity index (χ0) is 17.5. The zero-order valence-corrected chi connectivity index (χ0v) is 15.5. The quantitative estimate of drug-likeness (QED) is 0.823. The number of methoxy groups -OCH3 is 1. The smallest absolute Gasteiger partial charge is 0.228 e. The van der Waals surface area contributed by atoms with Gasteiger partial charge in [-0.25, -0.2) is 0 Å². The van der Waals surface area contributed by atoms with Gasteiger partial charge in [0.1, 0.15) is 0 Å². The van der Waals surface area contributed by atoms with Crippen LogP contribution < -0.4 is 5.32 Å². The van der Waals surface area contributed by atoms with Gasteiger partial charge in [0, 0.05) is 13.7 Å². The molecule has 1 N–H and O–H groups in total. The van der Waals surface area contributed by atoms with Crippen LogP contribution in [0.3, 0.4) is 0 Å². The molecule has 1 atom stereocenters. The lowest BCUT2D eigenvalue weighted by molar-refractivity contribution is -0.140. The maximum atomic E-state index is 12.8. The van der Waals surface area contributed by atoms with Gasteiger partial charge in [0.15, 0.2) is 0 Å². The summed E-state index contributed by atoms with van der Waals surface area (Å²) in [6.45, 7) is 3.48. The van der Waals surface area contributed by atoms with E-state index in [4.69, 9.17) is 4.74 Å². The molecule has 1 aromatic carbocycles. The molecule has 3 rings (SSSR count). The highest BCUT2D eigenvalue weighted by Gasteiger charge is 2.44. The van der Waals surface area contributed by atoms with Crippen molar-refractivity contribution in [2.24, 2.45) is 5.41 Å². The predicted octanol–water partition coefficient (Wildman–Crippen LogP) is 3.54. The topological polar surface area (TPSA) is 41.6 Å². The van der Waals surface area contributed by atoms with Gasteiger partial charge in [-0.05, 0) is 44.3 Å². The third kappa shape index (κ3) is 4.42. The molecule has 4 heteroatoms. The molecule has 1 amide bonds. The number of nitrogens with one attached hydrogen (secondary N) is 1. The summed E-state index contributed by atoms with van der Waals surface area (Å²) in [5, 5.41) is 3.27. The second-order valence-electron chi connectivity index (χ2n) is 7.65. The summed E-state index contributed by atoms with van der Waals surface area (Å²) in [6, 6.07) is 10.9. The van der Waals surface area contributed by atoms with Crippen molar-refractivity contribution in [3.63, 3.8) is 0 Å². The fourth-order valence-corrected chi connectivity index (χ4v) is 4.23. The molecule has 4 nitrogen and oxygen atoms in total. The van der Waals surface area contributed by atoms with Gasteiger partial charge in [-0.1, -0.05) is 49.6 Å². The Kier molecular flexibility index (Phi) is 6.49. The van der Waals surface area contributed by atoms with E-state index in [1.165, 1.54) is 31.2 Å². The number of carbonyl (C=O) groups excluding carboxylic acids is 1. The Hall–Kier alpha value is -1.39. The Labute approximate surface area is 151 Å². The Bertz CT molecular complexity index is 534. The average Bonchev–Trinajstić information content (AvgIpc) is 2.88. The Morgan fingerprint density at radius 3 is 2.36 bits per heavy atom. The van der Waals surface area contributed by atoms with Crippen LogP contribution in [0.4, 0.5) is 0 Å². The summed E-state index contributed by atoms with van der Waals surface area (Å²) in [5.74, 6) is 0.177. The van der Waals surface area contributed by atoms with Gasteiger partial charge >= 0.3 is 0 Å². The molecule has 2 fully saturated rings. The summed E-state index contributed by atoms with van der Waals surface area (Å²) < 4.78 is 5.32. The van der Waals surface area contributed by atoms with Gasteiger partial charge in [-0.2, -0.15) is 0 Å². The summed E-state index contributed by atoms with van der Waals surface area (Å²) in [6.07, 6.45) is 8.18. The lowest BCUT2D eigenvalue weighted by atomic mass is 9.68. The summed E-state index contributed by atoms with van der Waals surface area (Å²) in [4.78, 5) is 15.4. The van der Waals surface area contributed by atoms with Crippen LogP contribution >= 0.6 is 0 Å². The first-order chi connectivity index (χ1) is 12.2. The predicted molar refractivity (Wildman–Crippen MR) is 100 cm³/mol. The van der Waals surface area contributed by atoms with Crippen LogP contribution in [-0.2, 0) is 9.53 Å². The standard InChI is InChI=1S/C21H32N2O2/c1-25-17-21(12-9-13-21)20(24)22-16-19(18-10-5-4-6-11-18)23-14-7-2-3-8-15-23/h4-6,10-11,19H,2-3,7-9,12-17H2,1H3,(H,22,24). The maximum absolute atomic E-state index is 12.8. The van der Waals surface area contributed by atoms with Crippen LogP contribution in [0.5, 0.6) is 0 Å². The van der Waals surface area contributed by atoms with E-state index in [0.717, 1.165) is 32.4 Å². The number of benzene rings is 1. The number of ether oxygens (including phenoxy) is 1. The van der Waals surface area contributed by atoms with Gasteiger partial charge in [-0.3, -0.25) is 9.69 Å². The molecule has 1 heterocycles. The van der Waals surface area contributed by atoms with Gasteiger partial charge in [0.2, 0.25) is 5.91 Å². The normalized spacial score (nSPS) is 21.8. The lowest BCUT2D eigenvalue weighted by Gasteiger charge is -2.40. The van der Waals surface area contributed by atoms with E-state index in [-0.39, 0.29) is 17.4 Å². The number of carbonyl (C=O) groups is 1. The van der Waals surface area contributed by atoms with E-state index in [0.29, 0.717) is 13.2 Å². The first-order valence-corrected chi connectivity index (χ1v) is 9.81. The number of nitrogens with zero attached hydrogens (tertiary/aromatic N) is 1. The Balaban J connectivity index is 1.68. The third-order valence-corrected chi connectivity index (χ3v) is 5.93. The molecule has 0 spiro atoms. The van der Waals surface area contributed by atoms with E-state index in [9.17, 15) is 4.79 Å². The SMILES string of the molecule is COCC1(C(=O)NCC(c2ccccc2)N2CCCCCC2)CCC1. The highest BCUT2D eigenvalue weighted by Crippen LogP contribution is 2.41. The number of likely N-dealkylation sites (tertiary alicyclic amines) is 1. The minimum absolute atomic E-state index is 0.177. The van der Waals surface area contributed by atoms with Crippen LogP contribution in [0.2, 0.25) is 0 Å². The molecule has 1 aromatic rings. The molecular weight excluding hydrogens is 312 g/mol. The lowest BCUT2D eigenvalue weighted by Crippen LogP contribution is -2.50. The minimum Gasteiger partial charge on any atom is -0.384 e. The van der Waals surface area contributed by atoms with Crippen molar-refractivity contribution in [1.29, 1.82) is 0 Å². The third-order valence-electron chi connectivity index (χ3n) is 5.93. The van der Waals surface area contributed by atoms with Crippen molar-refractivity contribution in [2.75, 3.05) is 33.4 Å². The average molecular weight is 344 g/mol. The molecule has 1 unspecified atom stereocenters. The molecule has 0 radical (unpaired) electrons. The molecule has 0 bridgehead atoms. The largest absolute Gasteiger partial charge is 0.384 e. The molecule has 25 heavy (non-hydrogen) atoms. The van der Waals surface area contributed by atoms with E-state index >= 15 is 0 Å². The second-order valence-corrected chi connectivity index (χ2v) is 7.65. The molecule has 1 aliphatic carbocycles. The van der Waals surface area contributed by atoms with E-state index < -0.39 is 0 Å². The summed E-state index contributed by atoms with van der Waals surface area (Å²) >= 11 is 0. The first kappa shape index (κ1) is 18.4. The highest BCUT2D eigenvalue weighted by atomic mass is 16.5. The Morgan fingerprint density at radius 2 is 1.80 bits per heavy atom. The van der Waals surface area contributed by atoms with Crippen molar-refractivity contribution in [3.05, 3.63) is 35.9 Å². The van der Waals surface area contributed by atoms with E-state index in [1.807, 2.05) is 0 Å². The number of hydrogen-bond acceptors (Lipinski definition) is 3. The monoisotopic (exact) mass is 344 g/mol. The van der Waals surface area contributed by atoms with E-state index in [2.05, 4.69) is 40.5 Å². The maximum Gasteiger partial charge on any atom is 0.228 e. The second kappa shape index (κ2) is 8.81. The first-order valence-electron chi connectivity index (χ1n) is 9.81. The number of amides is 1. The van der Waals surface area contributed by atoms with Crippen LogP contribution in [0, 0.1) is 5.41 Å². The van der Waals surface area contributed by atoms with Crippen LogP contribution in [-0.4, -0.2) is 44.2 Å². The number of hydrogen-bond donors (Lipinski definition) is 1. The fraction of sp³-hybridized carbons (Fsp3) is 0.667. The van der Waals surface area contributed by atoms with Gasteiger partial charge in [0.25, 0.3) is 0 Å². The number of rotatable bonds is 7. The van der Waals surface area contributed by atoms with Gasteiger partial charge < -0.3 is 10.1 Å². The Morgan fingerprint density at radius 1 is 1.12 bits per heavy atom. The minimum atomic E-state index is -0.283. The van der Waals surface area contributed by atoms with Crippen molar-refractivity contribution in [2.45, 2.75) is 51.0 Å². The fourth-order valence-electron chi connectivity index (χ4n) is 4.23. The van der Waals surface area contributed by atoms with Crippen LogP contribution in [0.15, 0.2) is 30.3 Å². The molecule has 1 saturated carbocycles. The van der Waals surface area contributed by atoms with E-state index in [1.54, 1.807) is 7.11 Å². The molecular formula is C21H32N2O2. The molecule has 1 aliphatic heterocycles. The molecule has 2 aliphatic rings. The summed E-state index contributed by atoms with van der Waals surface area (Å²) in [5.41, 5.74) is 1.02. The molecule has 0 aromatic heterocycles. The van der Waals surface area contributed by atoms with Crippen molar-refractivity contribution < 1.29 is 9.53 Å². The van der Waals surface area contributed by atoms with Crippen molar-refractivity contribution >= 4 is 5.91 Å². The van der Waals surface area contributed by atoms with Gasteiger partial charge in [0.05, 0.1) is 18.1 Å². The van der Waals surface area contributed by atoms with Crippen molar-refractivity contribution in [1.82, 2.24) is 10.2 Å². The van der Waals surface area contributed by atoms with Gasteiger partial charge in [-0.15, -0.1) is 0 Å². The summed E-state index contributed by atoms with van der Waals surface area (Å²) in [7, 11) is 1.69. The van der Waals surface area contributed by atoms with Crippen LogP contribution in [0.25, 0.3) is 0 Å².